The Hall–Kier alpha value is -1.15. The van der Waals surface area contributed by atoms with E-state index in [9.17, 15) is 18.0 Å². The molecular formula is C8H15NO6S. The summed E-state index contributed by atoms with van der Waals surface area (Å²) >= 11 is 0. The van der Waals surface area contributed by atoms with Crippen LogP contribution in [0.1, 0.15) is 20.3 Å². The number of carboxylic acids is 1. The molecule has 0 bridgehead atoms. The van der Waals surface area contributed by atoms with Gasteiger partial charge in [0.1, 0.15) is 0 Å². The molecule has 0 atom stereocenters. The van der Waals surface area contributed by atoms with Crippen LogP contribution >= 0.6 is 0 Å². The molecular weight excluding hydrogens is 238 g/mol. The van der Waals surface area contributed by atoms with E-state index in [1.165, 1.54) is 13.8 Å². The van der Waals surface area contributed by atoms with Crippen molar-refractivity contribution in [2.75, 3.05) is 12.9 Å². The van der Waals surface area contributed by atoms with Crippen molar-refractivity contribution in [3.05, 3.63) is 0 Å². The van der Waals surface area contributed by atoms with Gasteiger partial charge in [-0.1, -0.05) is 0 Å². The summed E-state index contributed by atoms with van der Waals surface area (Å²) in [4.78, 5) is 21.2. The van der Waals surface area contributed by atoms with Crippen molar-refractivity contribution in [3.8, 4) is 0 Å². The smallest absolute Gasteiger partial charge is 0.322 e. The van der Waals surface area contributed by atoms with Gasteiger partial charge in [-0.2, -0.15) is 0 Å². The molecule has 0 aromatic heterocycles. The number of ether oxygens (including phenoxy) is 1. The first-order valence-corrected chi connectivity index (χ1v) is 6.03. The van der Waals surface area contributed by atoms with Crippen LogP contribution in [-0.4, -0.2) is 43.9 Å². The quantitative estimate of drug-likeness (QED) is 0.608. The van der Waals surface area contributed by atoms with Crippen LogP contribution in [0.3, 0.4) is 0 Å². The number of sulfonamides is 1. The number of hydrogen-bond donors (Lipinski definition) is 2. The van der Waals surface area contributed by atoms with Gasteiger partial charge in [0, 0.05) is 5.54 Å². The van der Waals surface area contributed by atoms with E-state index in [0.717, 1.165) is 7.11 Å². The minimum Gasteiger partial charge on any atom is -0.481 e. The molecule has 0 radical (unpaired) electrons. The zero-order valence-corrected chi connectivity index (χ0v) is 10.1. The molecule has 2 N–H and O–H groups in total. The minimum absolute atomic E-state index is 0.382. The maximum absolute atomic E-state index is 11.4. The van der Waals surface area contributed by atoms with Gasteiger partial charge in [-0.25, -0.2) is 13.1 Å². The number of rotatable bonds is 6. The van der Waals surface area contributed by atoms with E-state index >= 15 is 0 Å². The van der Waals surface area contributed by atoms with E-state index in [2.05, 4.69) is 9.46 Å². The van der Waals surface area contributed by atoms with Crippen molar-refractivity contribution < 1.29 is 27.9 Å². The van der Waals surface area contributed by atoms with Crippen LogP contribution in [0.5, 0.6) is 0 Å². The number of carboxylic acid groups (broad SMARTS) is 1. The van der Waals surface area contributed by atoms with Crippen LogP contribution in [-0.2, 0) is 24.3 Å². The summed E-state index contributed by atoms with van der Waals surface area (Å²) in [5.74, 6) is -2.86. The predicted molar refractivity (Wildman–Crippen MR) is 55.3 cm³/mol. The van der Waals surface area contributed by atoms with Gasteiger partial charge < -0.3 is 9.84 Å². The summed E-state index contributed by atoms with van der Waals surface area (Å²) in [6.07, 6.45) is -0.382. The fourth-order valence-electron chi connectivity index (χ4n) is 1.09. The maximum Gasteiger partial charge on any atom is 0.322 e. The standard InChI is InChI=1S/C8H15NO6S/c1-8(2,4-6(10)11)9-16(13,14)5-7(12)15-3/h9H,4-5H2,1-3H3,(H,10,11). The highest BCUT2D eigenvalue weighted by Crippen LogP contribution is 2.10. The molecule has 0 saturated carbocycles. The largest absolute Gasteiger partial charge is 0.481 e. The fourth-order valence-corrected chi connectivity index (χ4v) is 2.50. The molecule has 0 aliphatic heterocycles. The number of nitrogens with one attached hydrogen (secondary N) is 1. The van der Waals surface area contributed by atoms with Crippen molar-refractivity contribution >= 4 is 22.0 Å². The number of methoxy groups -OCH3 is 1. The molecule has 0 spiro atoms. The third-order valence-electron chi connectivity index (χ3n) is 1.56. The summed E-state index contributed by atoms with van der Waals surface area (Å²) in [5.41, 5.74) is -1.15. The molecule has 0 rings (SSSR count). The Kier molecular flexibility index (Phi) is 4.88. The molecule has 0 fully saturated rings. The first-order valence-electron chi connectivity index (χ1n) is 4.38. The van der Waals surface area contributed by atoms with Crippen LogP contribution in [0, 0.1) is 0 Å². The lowest BCUT2D eigenvalue weighted by Gasteiger charge is -2.23. The Morgan fingerprint density at radius 3 is 2.25 bits per heavy atom. The molecule has 0 aromatic carbocycles. The molecule has 0 unspecified atom stereocenters. The molecule has 0 amide bonds. The maximum atomic E-state index is 11.4. The number of carbonyl (C=O) groups excluding carboxylic acids is 1. The van der Waals surface area contributed by atoms with Gasteiger partial charge in [-0.3, -0.25) is 9.59 Å². The van der Waals surface area contributed by atoms with Gasteiger partial charge in [-0.05, 0) is 13.8 Å². The van der Waals surface area contributed by atoms with Crippen molar-refractivity contribution in [2.45, 2.75) is 25.8 Å². The first-order chi connectivity index (χ1) is 7.08. The Balaban J connectivity index is 4.58. The molecule has 16 heavy (non-hydrogen) atoms. The van der Waals surface area contributed by atoms with Crippen molar-refractivity contribution in [1.29, 1.82) is 0 Å². The topological polar surface area (TPSA) is 110 Å². The lowest BCUT2D eigenvalue weighted by atomic mass is 10.0. The van der Waals surface area contributed by atoms with Crippen LogP contribution in [0.2, 0.25) is 0 Å². The third kappa shape index (κ3) is 6.36. The summed E-state index contributed by atoms with van der Waals surface area (Å²) in [7, 11) is -2.81. The summed E-state index contributed by atoms with van der Waals surface area (Å²) in [6, 6.07) is 0. The number of carbonyl (C=O) groups is 2. The van der Waals surface area contributed by atoms with Crippen LogP contribution in [0.15, 0.2) is 0 Å². The van der Waals surface area contributed by atoms with E-state index in [4.69, 9.17) is 5.11 Å². The van der Waals surface area contributed by atoms with E-state index in [1.54, 1.807) is 0 Å². The average molecular weight is 253 g/mol. The number of aliphatic carboxylic acids is 1. The summed E-state index contributed by atoms with van der Waals surface area (Å²) < 4.78 is 29.1. The minimum atomic E-state index is -3.88. The zero-order chi connectivity index (χ0) is 13.0. The van der Waals surface area contributed by atoms with Gasteiger partial charge in [0.15, 0.2) is 5.75 Å². The van der Waals surface area contributed by atoms with Gasteiger partial charge in [0.25, 0.3) is 0 Å². The van der Waals surface area contributed by atoms with E-state index in [0.29, 0.717) is 0 Å². The second kappa shape index (κ2) is 5.26. The Morgan fingerprint density at radius 1 is 1.38 bits per heavy atom. The van der Waals surface area contributed by atoms with Gasteiger partial charge in [0.05, 0.1) is 13.5 Å². The monoisotopic (exact) mass is 253 g/mol. The fraction of sp³-hybridized carbons (Fsp3) is 0.750. The average Bonchev–Trinajstić information content (AvgIpc) is 1.97. The molecule has 0 aliphatic carbocycles. The van der Waals surface area contributed by atoms with Crippen molar-refractivity contribution in [2.24, 2.45) is 0 Å². The zero-order valence-electron chi connectivity index (χ0n) is 9.31. The predicted octanol–water partition coefficient (Wildman–Crippen LogP) is -0.668. The van der Waals surface area contributed by atoms with E-state index < -0.39 is 33.3 Å². The highest BCUT2D eigenvalue weighted by molar-refractivity contribution is 7.90. The van der Waals surface area contributed by atoms with Gasteiger partial charge in [0.2, 0.25) is 10.0 Å². The molecule has 0 aromatic rings. The Morgan fingerprint density at radius 2 is 1.88 bits per heavy atom. The molecule has 7 nitrogen and oxygen atoms in total. The number of hydrogen-bond acceptors (Lipinski definition) is 5. The third-order valence-corrected chi connectivity index (χ3v) is 3.04. The highest BCUT2D eigenvalue weighted by Gasteiger charge is 2.29. The lowest BCUT2D eigenvalue weighted by Crippen LogP contribution is -2.46. The lowest BCUT2D eigenvalue weighted by molar-refractivity contribution is -0.138. The SMILES string of the molecule is COC(=O)CS(=O)(=O)NC(C)(C)CC(=O)O. The van der Waals surface area contributed by atoms with E-state index in [-0.39, 0.29) is 6.42 Å². The Bertz CT molecular complexity index is 372. The van der Waals surface area contributed by atoms with Crippen molar-refractivity contribution in [3.63, 3.8) is 0 Å². The second-order valence-corrected chi connectivity index (χ2v) is 5.61. The van der Waals surface area contributed by atoms with Crippen molar-refractivity contribution in [1.82, 2.24) is 4.72 Å². The van der Waals surface area contributed by atoms with E-state index in [1.807, 2.05) is 0 Å². The molecule has 8 heteroatoms. The summed E-state index contributed by atoms with van der Waals surface area (Å²) in [6.45, 7) is 2.83. The normalized spacial score (nSPS) is 12.2. The van der Waals surface area contributed by atoms with Gasteiger partial charge in [-0.15, -0.1) is 0 Å². The Labute approximate surface area is 93.8 Å². The molecule has 94 valence electrons. The molecule has 0 saturated heterocycles. The second-order valence-electron chi connectivity index (χ2n) is 3.89. The van der Waals surface area contributed by atoms with Crippen LogP contribution < -0.4 is 4.72 Å². The van der Waals surface area contributed by atoms with Gasteiger partial charge >= 0.3 is 11.9 Å². The molecule has 0 heterocycles. The summed E-state index contributed by atoms with van der Waals surface area (Å²) in [5, 5.41) is 8.55. The van der Waals surface area contributed by atoms with Crippen LogP contribution in [0.4, 0.5) is 0 Å². The molecule has 0 aliphatic rings. The highest BCUT2D eigenvalue weighted by atomic mass is 32.2. The van der Waals surface area contributed by atoms with Crippen LogP contribution in [0.25, 0.3) is 0 Å². The first kappa shape index (κ1) is 14.8. The number of esters is 1.